The number of nitrogens with zero attached hydrogens (tertiary/aromatic N) is 4. The minimum atomic E-state index is -0.337. The maximum Gasteiger partial charge on any atom is 0.292 e. The first-order valence-electron chi connectivity index (χ1n) is 10.1. The van der Waals surface area contributed by atoms with Crippen molar-refractivity contribution in [3.8, 4) is 0 Å². The van der Waals surface area contributed by atoms with Crippen molar-refractivity contribution in [3.63, 3.8) is 0 Å². The Kier molecular flexibility index (Phi) is 5.90. The van der Waals surface area contributed by atoms with E-state index in [1.807, 2.05) is 60.7 Å². The number of hydrogen-bond donors (Lipinski definition) is 1. The third kappa shape index (κ3) is 4.41. The molecule has 0 amide bonds. The second-order valence-electron chi connectivity index (χ2n) is 7.49. The van der Waals surface area contributed by atoms with Gasteiger partial charge in [0.1, 0.15) is 5.69 Å². The van der Waals surface area contributed by atoms with Crippen molar-refractivity contribution in [2.75, 3.05) is 43.4 Å². The van der Waals surface area contributed by atoms with E-state index in [1.165, 1.54) is 0 Å². The van der Waals surface area contributed by atoms with Crippen LogP contribution in [-0.2, 0) is 0 Å². The van der Waals surface area contributed by atoms with Crippen LogP contribution >= 0.6 is 0 Å². The minimum Gasteiger partial charge on any atom is -0.369 e. The summed E-state index contributed by atoms with van der Waals surface area (Å²) >= 11 is 0. The Morgan fingerprint density at radius 1 is 1.00 bits per heavy atom. The average molecular weight is 403 g/mol. The highest BCUT2D eigenvalue weighted by atomic mass is 16.6. The molecule has 1 N–H and O–H groups in total. The summed E-state index contributed by atoms with van der Waals surface area (Å²) < 4.78 is 0. The van der Waals surface area contributed by atoms with Gasteiger partial charge in [0.05, 0.1) is 16.7 Å². The van der Waals surface area contributed by atoms with Gasteiger partial charge in [-0.3, -0.25) is 15.1 Å². The Balaban J connectivity index is 1.71. The zero-order valence-corrected chi connectivity index (χ0v) is 16.9. The summed E-state index contributed by atoms with van der Waals surface area (Å²) in [6.45, 7) is 3.74. The minimum absolute atomic E-state index is 0.0599. The lowest BCUT2D eigenvalue weighted by molar-refractivity contribution is -0.384. The van der Waals surface area contributed by atoms with Crippen LogP contribution in [0.4, 0.5) is 17.1 Å². The lowest BCUT2D eigenvalue weighted by Crippen LogP contribution is -2.44. The molecule has 3 aromatic rings. The molecule has 7 heteroatoms. The molecule has 0 bridgehead atoms. The number of pyridine rings is 1. The van der Waals surface area contributed by atoms with Crippen LogP contribution in [0.2, 0.25) is 0 Å². The van der Waals surface area contributed by atoms with Gasteiger partial charge in [0.2, 0.25) is 0 Å². The largest absolute Gasteiger partial charge is 0.369 e. The molecule has 1 atom stereocenters. The van der Waals surface area contributed by atoms with Gasteiger partial charge in [-0.25, -0.2) is 0 Å². The van der Waals surface area contributed by atoms with Crippen molar-refractivity contribution in [2.45, 2.75) is 6.04 Å². The number of anilines is 2. The fourth-order valence-corrected chi connectivity index (χ4v) is 3.74. The molecule has 0 spiro atoms. The molecular formula is C23H25N5O2. The maximum atomic E-state index is 11.7. The number of rotatable bonds is 6. The van der Waals surface area contributed by atoms with Crippen LogP contribution in [0.15, 0.2) is 72.9 Å². The summed E-state index contributed by atoms with van der Waals surface area (Å²) in [4.78, 5) is 20.5. The van der Waals surface area contributed by atoms with E-state index in [4.69, 9.17) is 0 Å². The summed E-state index contributed by atoms with van der Waals surface area (Å²) in [5.74, 6) is 0. The van der Waals surface area contributed by atoms with Gasteiger partial charge >= 0.3 is 0 Å². The number of aromatic nitrogens is 1. The number of benzene rings is 2. The monoisotopic (exact) mass is 403 g/mol. The standard InChI is InChI=1S/C23H25N5O2/c1-26-13-15-27(16-14-26)19-10-11-22(28(29)30)21(17-19)25-23(18-7-3-2-4-8-18)20-9-5-6-12-24-20/h2-12,17,23,25H,13-16H2,1H3. The summed E-state index contributed by atoms with van der Waals surface area (Å²) in [5.41, 5.74) is 3.35. The molecule has 30 heavy (non-hydrogen) atoms. The van der Waals surface area contributed by atoms with E-state index >= 15 is 0 Å². The Bertz CT molecular complexity index is 949. The van der Waals surface area contributed by atoms with Crippen LogP contribution in [-0.4, -0.2) is 48.0 Å². The lowest BCUT2D eigenvalue weighted by atomic mass is 10.0. The fourth-order valence-electron chi connectivity index (χ4n) is 3.74. The van der Waals surface area contributed by atoms with E-state index in [0.717, 1.165) is 43.1 Å². The van der Waals surface area contributed by atoms with Gasteiger partial charge < -0.3 is 15.1 Å². The normalized spacial score (nSPS) is 15.6. The first-order valence-corrected chi connectivity index (χ1v) is 10.1. The predicted octanol–water partition coefficient (Wildman–Crippen LogP) is 3.94. The molecule has 1 aliphatic rings. The van der Waals surface area contributed by atoms with E-state index in [-0.39, 0.29) is 16.7 Å². The SMILES string of the molecule is CN1CCN(c2ccc([N+](=O)[O-])c(NC(c3ccccc3)c3ccccn3)c2)CC1. The Morgan fingerprint density at radius 3 is 2.40 bits per heavy atom. The summed E-state index contributed by atoms with van der Waals surface area (Å²) in [6.07, 6.45) is 1.74. The molecule has 4 rings (SSSR count). The number of nitro groups is 1. The molecule has 0 radical (unpaired) electrons. The molecule has 1 aliphatic heterocycles. The van der Waals surface area contributed by atoms with Crippen LogP contribution in [0.5, 0.6) is 0 Å². The molecular weight excluding hydrogens is 378 g/mol. The smallest absolute Gasteiger partial charge is 0.292 e. The lowest BCUT2D eigenvalue weighted by Gasteiger charge is -2.34. The van der Waals surface area contributed by atoms with Crippen molar-refractivity contribution >= 4 is 17.1 Å². The molecule has 0 aliphatic carbocycles. The number of likely N-dealkylation sites (N-methyl/N-ethyl adjacent to an activating group) is 1. The Hall–Kier alpha value is -3.45. The zero-order chi connectivity index (χ0) is 20.9. The molecule has 1 fully saturated rings. The van der Waals surface area contributed by atoms with E-state index in [9.17, 15) is 10.1 Å². The molecule has 1 aromatic heterocycles. The van der Waals surface area contributed by atoms with Crippen LogP contribution in [0.3, 0.4) is 0 Å². The van der Waals surface area contributed by atoms with E-state index in [2.05, 4.69) is 27.1 Å². The van der Waals surface area contributed by atoms with E-state index in [0.29, 0.717) is 5.69 Å². The number of piperazine rings is 1. The van der Waals surface area contributed by atoms with Gasteiger partial charge in [0.15, 0.2) is 0 Å². The van der Waals surface area contributed by atoms with Gasteiger partial charge in [-0.15, -0.1) is 0 Å². The topological polar surface area (TPSA) is 74.5 Å². The third-order valence-corrected chi connectivity index (χ3v) is 5.46. The van der Waals surface area contributed by atoms with E-state index < -0.39 is 0 Å². The first kappa shape index (κ1) is 19.8. The fraction of sp³-hybridized carbons (Fsp3) is 0.261. The highest BCUT2D eigenvalue weighted by Crippen LogP contribution is 2.34. The summed E-state index contributed by atoms with van der Waals surface area (Å²) in [6, 6.07) is 20.6. The highest BCUT2D eigenvalue weighted by molar-refractivity contribution is 5.70. The molecule has 0 saturated carbocycles. The van der Waals surface area contributed by atoms with Gasteiger partial charge in [-0.2, -0.15) is 0 Å². The number of nitro benzene ring substituents is 1. The molecule has 1 unspecified atom stereocenters. The molecule has 2 aromatic carbocycles. The number of hydrogen-bond acceptors (Lipinski definition) is 6. The Labute approximate surface area is 176 Å². The summed E-state index contributed by atoms with van der Waals surface area (Å²) in [7, 11) is 2.11. The van der Waals surface area contributed by atoms with Crippen LogP contribution in [0, 0.1) is 10.1 Å². The third-order valence-electron chi connectivity index (χ3n) is 5.46. The molecule has 7 nitrogen and oxygen atoms in total. The van der Waals surface area contributed by atoms with Crippen molar-refractivity contribution in [1.29, 1.82) is 0 Å². The Morgan fingerprint density at radius 2 is 1.73 bits per heavy atom. The van der Waals surface area contributed by atoms with Crippen molar-refractivity contribution in [2.24, 2.45) is 0 Å². The van der Waals surface area contributed by atoms with Crippen molar-refractivity contribution in [1.82, 2.24) is 9.88 Å². The molecule has 154 valence electrons. The summed E-state index contributed by atoms with van der Waals surface area (Å²) in [5, 5.41) is 15.1. The van der Waals surface area contributed by atoms with Crippen LogP contribution < -0.4 is 10.2 Å². The molecule has 2 heterocycles. The highest BCUT2D eigenvalue weighted by Gasteiger charge is 2.23. The average Bonchev–Trinajstić information content (AvgIpc) is 2.79. The van der Waals surface area contributed by atoms with Crippen LogP contribution in [0.1, 0.15) is 17.3 Å². The molecule has 1 saturated heterocycles. The van der Waals surface area contributed by atoms with Gasteiger partial charge in [0.25, 0.3) is 5.69 Å². The van der Waals surface area contributed by atoms with Gasteiger partial charge in [-0.1, -0.05) is 36.4 Å². The zero-order valence-electron chi connectivity index (χ0n) is 16.9. The predicted molar refractivity (Wildman–Crippen MR) is 119 cm³/mol. The van der Waals surface area contributed by atoms with Crippen molar-refractivity contribution in [3.05, 3.63) is 94.3 Å². The maximum absolute atomic E-state index is 11.7. The first-order chi connectivity index (χ1) is 14.6. The van der Waals surface area contributed by atoms with E-state index in [1.54, 1.807) is 12.3 Å². The second-order valence-corrected chi connectivity index (χ2v) is 7.49. The van der Waals surface area contributed by atoms with Crippen LogP contribution in [0.25, 0.3) is 0 Å². The second kappa shape index (κ2) is 8.92. The van der Waals surface area contributed by atoms with Gasteiger partial charge in [0, 0.05) is 44.1 Å². The number of nitrogens with one attached hydrogen (secondary N) is 1. The van der Waals surface area contributed by atoms with Gasteiger partial charge in [-0.05, 0) is 36.9 Å². The quantitative estimate of drug-likeness (QED) is 0.496. The van der Waals surface area contributed by atoms with Crippen molar-refractivity contribution < 1.29 is 4.92 Å².